The molecule has 2 atom stereocenters. The molecular weight excluding hydrogens is 202 g/mol. The van der Waals surface area contributed by atoms with Crippen molar-refractivity contribution in [1.82, 2.24) is 14.5 Å². The Hall–Kier alpha value is -1.58. The van der Waals surface area contributed by atoms with E-state index in [9.17, 15) is 4.79 Å². The zero-order valence-corrected chi connectivity index (χ0v) is 9.54. The molecule has 0 N–H and O–H groups in total. The van der Waals surface area contributed by atoms with Gasteiger partial charge in [-0.25, -0.2) is 4.98 Å². The summed E-state index contributed by atoms with van der Waals surface area (Å²) in [5, 5.41) is 0. The molecule has 0 aromatic carbocycles. The first-order valence-corrected chi connectivity index (χ1v) is 5.61. The number of hydrogen-bond donors (Lipinski definition) is 0. The molecule has 0 bridgehead atoms. The van der Waals surface area contributed by atoms with Gasteiger partial charge in [-0.3, -0.25) is 4.79 Å². The van der Waals surface area contributed by atoms with E-state index in [1.165, 1.54) is 6.08 Å². The number of imidazole rings is 1. The van der Waals surface area contributed by atoms with E-state index >= 15 is 0 Å². The van der Waals surface area contributed by atoms with Crippen LogP contribution in [0.3, 0.4) is 0 Å². The van der Waals surface area contributed by atoms with Crippen LogP contribution in [-0.2, 0) is 4.79 Å². The SMILES string of the molecule is C=CC(=O)N1CCC(C)C(n2ccnc2)C1. The van der Waals surface area contributed by atoms with Crippen LogP contribution in [0, 0.1) is 5.92 Å². The quantitative estimate of drug-likeness (QED) is 0.707. The maximum Gasteiger partial charge on any atom is 0.246 e. The van der Waals surface area contributed by atoms with E-state index in [1.807, 2.05) is 17.4 Å². The summed E-state index contributed by atoms with van der Waals surface area (Å²) in [5.41, 5.74) is 0. The molecule has 1 saturated heterocycles. The lowest BCUT2D eigenvalue weighted by Crippen LogP contribution is -2.43. The van der Waals surface area contributed by atoms with E-state index in [-0.39, 0.29) is 5.91 Å². The van der Waals surface area contributed by atoms with Crippen LogP contribution in [0.4, 0.5) is 0 Å². The normalized spacial score (nSPS) is 25.4. The van der Waals surface area contributed by atoms with Gasteiger partial charge in [-0.1, -0.05) is 13.5 Å². The van der Waals surface area contributed by atoms with Gasteiger partial charge >= 0.3 is 0 Å². The molecule has 1 aliphatic rings. The number of nitrogens with zero attached hydrogens (tertiary/aromatic N) is 3. The van der Waals surface area contributed by atoms with Gasteiger partial charge in [0.15, 0.2) is 0 Å². The molecule has 1 aromatic rings. The molecule has 1 aromatic heterocycles. The minimum absolute atomic E-state index is 0.0250. The summed E-state index contributed by atoms with van der Waals surface area (Å²) >= 11 is 0. The Kier molecular flexibility index (Phi) is 3.08. The van der Waals surface area contributed by atoms with Crippen molar-refractivity contribution in [2.45, 2.75) is 19.4 Å². The van der Waals surface area contributed by atoms with Gasteiger partial charge in [0, 0.05) is 25.5 Å². The van der Waals surface area contributed by atoms with Gasteiger partial charge in [0.05, 0.1) is 12.4 Å². The third-order valence-electron chi connectivity index (χ3n) is 3.31. The van der Waals surface area contributed by atoms with Crippen molar-refractivity contribution in [3.8, 4) is 0 Å². The van der Waals surface area contributed by atoms with Gasteiger partial charge in [0.2, 0.25) is 5.91 Å². The molecule has 1 aliphatic heterocycles. The standard InChI is InChI=1S/C12H17N3O/c1-3-12(16)14-6-4-10(2)11(8-14)15-7-5-13-9-15/h3,5,7,9-11H,1,4,6,8H2,2H3. The fourth-order valence-corrected chi connectivity index (χ4v) is 2.23. The Labute approximate surface area is 95.6 Å². The fraction of sp³-hybridized carbons (Fsp3) is 0.500. The van der Waals surface area contributed by atoms with Crippen LogP contribution in [0.15, 0.2) is 31.4 Å². The molecule has 1 fully saturated rings. The van der Waals surface area contributed by atoms with E-state index in [4.69, 9.17) is 0 Å². The molecule has 0 radical (unpaired) electrons. The van der Waals surface area contributed by atoms with Crippen LogP contribution < -0.4 is 0 Å². The van der Waals surface area contributed by atoms with Gasteiger partial charge in [-0.15, -0.1) is 0 Å². The van der Waals surface area contributed by atoms with Gasteiger partial charge in [0.1, 0.15) is 0 Å². The van der Waals surface area contributed by atoms with Crippen molar-refractivity contribution < 1.29 is 4.79 Å². The third kappa shape index (κ3) is 2.01. The van der Waals surface area contributed by atoms with Crippen molar-refractivity contribution in [3.05, 3.63) is 31.4 Å². The molecule has 0 aliphatic carbocycles. The van der Waals surface area contributed by atoms with Crippen LogP contribution in [0.25, 0.3) is 0 Å². The predicted molar refractivity (Wildman–Crippen MR) is 61.8 cm³/mol. The highest BCUT2D eigenvalue weighted by Gasteiger charge is 2.28. The molecule has 16 heavy (non-hydrogen) atoms. The maximum absolute atomic E-state index is 11.6. The Balaban J connectivity index is 2.12. The van der Waals surface area contributed by atoms with Gasteiger partial charge in [0.25, 0.3) is 0 Å². The van der Waals surface area contributed by atoms with Crippen molar-refractivity contribution in [2.75, 3.05) is 13.1 Å². The van der Waals surface area contributed by atoms with E-state index in [1.54, 1.807) is 6.20 Å². The number of rotatable bonds is 2. The maximum atomic E-state index is 11.6. The van der Waals surface area contributed by atoms with E-state index < -0.39 is 0 Å². The number of hydrogen-bond acceptors (Lipinski definition) is 2. The second kappa shape index (κ2) is 4.51. The summed E-state index contributed by atoms with van der Waals surface area (Å²) in [4.78, 5) is 17.5. The van der Waals surface area contributed by atoms with Crippen LogP contribution in [-0.4, -0.2) is 33.4 Å². The Morgan fingerprint density at radius 2 is 2.44 bits per heavy atom. The van der Waals surface area contributed by atoms with Crippen molar-refractivity contribution in [1.29, 1.82) is 0 Å². The fourth-order valence-electron chi connectivity index (χ4n) is 2.23. The molecule has 4 nitrogen and oxygen atoms in total. The van der Waals surface area contributed by atoms with Crippen LogP contribution in [0.5, 0.6) is 0 Å². The zero-order chi connectivity index (χ0) is 11.5. The van der Waals surface area contributed by atoms with Crippen LogP contribution in [0.1, 0.15) is 19.4 Å². The number of carbonyl (C=O) groups excluding carboxylic acids is 1. The molecule has 2 rings (SSSR count). The Morgan fingerprint density at radius 3 is 3.06 bits per heavy atom. The molecule has 2 heterocycles. The van der Waals surface area contributed by atoms with Crippen LogP contribution >= 0.6 is 0 Å². The molecule has 4 heteroatoms. The second-order valence-corrected chi connectivity index (χ2v) is 4.33. The number of amides is 1. The second-order valence-electron chi connectivity index (χ2n) is 4.33. The summed E-state index contributed by atoms with van der Waals surface area (Å²) in [6.45, 7) is 7.34. The average molecular weight is 219 g/mol. The summed E-state index contributed by atoms with van der Waals surface area (Å²) in [7, 11) is 0. The third-order valence-corrected chi connectivity index (χ3v) is 3.31. The minimum Gasteiger partial charge on any atom is -0.337 e. The average Bonchev–Trinajstić information content (AvgIpc) is 2.82. The number of aromatic nitrogens is 2. The summed E-state index contributed by atoms with van der Waals surface area (Å²) in [5.74, 6) is 0.597. The van der Waals surface area contributed by atoms with Crippen molar-refractivity contribution >= 4 is 5.91 Å². The lowest BCUT2D eigenvalue weighted by atomic mass is 9.93. The van der Waals surface area contributed by atoms with Crippen LogP contribution in [0.2, 0.25) is 0 Å². The topological polar surface area (TPSA) is 38.1 Å². The number of carbonyl (C=O) groups is 1. The summed E-state index contributed by atoms with van der Waals surface area (Å²) in [6, 6.07) is 0.333. The van der Waals surface area contributed by atoms with E-state index in [0.717, 1.165) is 19.5 Å². The lowest BCUT2D eigenvalue weighted by molar-refractivity contribution is -0.128. The smallest absolute Gasteiger partial charge is 0.246 e. The first-order chi connectivity index (χ1) is 7.72. The van der Waals surface area contributed by atoms with Gasteiger partial charge in [-0.2, -0.15) is 0 Å². The molecule has 0 spiro atoms. The van der Waals surface area contributed by atoms with Crippen molar-refractivity contribution in [3.63, 3.8) is 0 Å². The molecule has 1 amide bonds. The first kappa shape index (κ1) is 10.9. The predicted octanol–water partition coefficient (Wildman–Crippen LogP) is 1.48. The monoisotopic (exact) mass is 219 g/mol. The Bertz CT molecular complexity index is 372. The van der Waals surface area contributed by atoms with Crippen molar-refractivity contribution in [2.24, 2.45) is 5.92 Å². The number of piperidine rings is 1. The Morgan fingerprint density at radius 1 is 1.62 bits per heavy atom. The number of likely N-dealkylation sites (tertiary alicyclic amines) is 1. The highest BCUT2D eigenvalue weighted by molar-refractivity contribution is 5.87. The zero-order valence-electron chi connectivity index (χ0n) is 9.54. The van der Waals surface area contributed by atoms with E-state index in [0.29, 0.717) is 12.0 Å². The molecule has 86 valence electrons. The van der Waals surface area contributed by atoms with Gasteiger partial charge < -0.3 is 9.47 Å². The summed E-state index contributed by atoms with van der Waals surface area (Å²) in [6.07, 6.45) is 7.98. The first-order valence-electron chi connectivity index (χ1n) is 5.61. The summed E-state index contributed by atoms with van der Waals surface area (Å²) < 4.78 is 2.09. The highest BCUT2D eigenvalue weighted by Crippen LogP contribution is 2.27. The van der Waals surface area contributed by atoms with E-state index in [2.05, 4.69) is 23.1 Å². The van der Waals surface area contributed by atoms with Gasteiger partial charge in [-0.05, 0) is 18.4 Å². The highest BCUT2D eigenvalue weighted by atomic mass is 16.2. The minimum atomic E-state index is 0.0250. The lowest BCUT2D eigenvalue weighted by Gasteiger charge is -2.37. The molecular formula is C12H17N3O. The molecule has 2 unspecified atom stereocenters. The molecule has 0 saturated carbocycles. The largest absolute Gasteiger partial charge is 0.337 e.